The molecule has 0 spiro atoms. The molecular weight excluding hydrogens is 222 g/mol. The lowest BCUT2D eigenvalue weighted by atomic mass is 10.2. The van der Waals surface area contributed by atoms with Crippen LogP contribution in [0.25, 0.3) is 0 Å². The monoisotopic (exact) mass is 241 g/mol. The van der Waals surface area contributed by atoms with Crippen molar-refractivity contribution < 1.29 is 14.3 Å². The smallest absolute Gasteiger partial charge is 0.376 e. The highest BCUT2D eigenvalue weighted by Crippen LogP contribution is 2.16. The van der Waals surface area contributed by atoms with Crippen LogP contribution in [0.4, 0.5) is 0 Å². The van der Waals surface area contributed by atoms with Crippen LogP contribution in [0.15, 0.2) is 0 Å². The van der Waals surface area contributed by atoms with Crippen molar-refractivity contribution in [2.24, 2.45) is 0 Å². The first-order valence-electron chi connectivity index (χ1n) is 5.69. The van der Waals surface area contributed by atoms with E-state index in [0.717, 1.165) is 6.42 Å². The molecule has 0 aliphatic heterocycles. The molecule has 1 atom stereocenters. The Morgan fingerprint density at radius 1 is 1.47 bits per heavy atom. The van der Waals surface area contributed by atoms with E-state index in [1.165, 1.54) is 0 Å². The van der Waals surface area contributed by atoms with Crippen LogP contribution in [0.3, 0.4) is 0 Å². The van der Waals surface area contributed by atoms with Crippen molar-refractivity contribution in [3.63, 3.8) is 0 Å². The summed E-state index contributed by atoms with van der Waals surface area (Å²) in [7, 11) is 1.65. The van der Waals surface area contributed by atoms with Crippen LogP contribution in [0.1, 0.15) is 42.8 Å². The van der Waals surface area contributed by atoms with Gasteiger partial charge in [-0.2, -0.15) is 0 Å². The zero-order valence-electron chi connectivity index (χ0n) is 10.8. The van der Waals surface area contributed by atoms with Gasteiger partial charge in [0, 0.05) is 19.8 Å². The predicted octanol–water partition coefficient (Wildman–Crippen LogP) is 1.36. The number of methoxy groups -OCH3 is 1. The van der Waals surface area contributed by atoms with E-state index in [9.17, 15) is 4.79 Å². The fourth-order valence-electron chi connectivity index (χ4n) is 1.65. The number of hydrogen-bond acceptors (Lipinski definition) is 5. The molecule has 0 aliphatic rings. The number of aromatic nitrogens is 3. The zero-order chi connectivity index (χ0) is 12.8. The standard InChI is InChI=1S/C11H19N3O3/c1-5-17-11(15)10-13-12-9(3)14(10)8(2)6-7-16-4/h8H,5-7H2,1-4H3. The first-order valence-corrected chi connectivity index (χ1v) is 5.69. The lowest BCUT2D eigenvalue weighted by Crippen LogP contribution is -2.18. The van der Waals surface area contributed by atoms with Crippen LogP contribution in [0, 0.1) is 6.92 Å². The maximum absolute atomic E-state index is 11.7. The van der Waals surface area contributed by atoms with Crippen molar-refractivity contribution >= 4 is 5.97 Å². The highest BCUT2D eigenvalue weighted by atomic mass is 16.5. The van der Waals surface area contributed by atoms with Gasteiger partial charge in [-0.25, -0.2) is 4.79 Å². The van der Waals surface area contributed by atoms with Crippen LogP contribution in [-0.4, -0.2) is 41.1 Å². The number of carbonyl (C=O) groups is 1. The fraction of sp³-hybridized carbons (Fsp3) is 0.727. The Morgan fingerprint density at radius 2 is 2.18 bits per heavy atom. The van der Waals surface area contributed by atoms with Gasteiger partial charge in [0.05, 0.1) is 6.61 Å². The Balaban J connectivity index is 2.89. The molecule has 6 nitrogen and oxygen atoms in total. The van der Waals surface area contributed by atoms with Crippen LogP contribution >= 0.6 is 0 Å². The second-order valence-electron chi connectivity index (χ2n) is 3.79. The van der Waals surface area contributed by atoms with E-state index in [2.05, 4.69) is 10.2 Å². The summed E-state index contributed by atoms with van der Waals surface area (Å²) in [5.74, 6) is 0.530. The molecule has 17 heavy (non-hydrogen) atoms. The number of rotatable bonds is 6. The van der Waals surface area contributed by atoms with Crippen LogP contribution in [0.2, 0.25) is 0 Å². The number of nitrogens with zero attached hydrogens (tertiary/aromatic N) is 3. The van der Waals surface area contributed by atoms with Crippen LogP contribution < -0.4 is 0 Å². The van der Waals surface area contributed by atoms with Gasteiger partial charge in [0.15, 0.2) is 0 Å². The van der Waals surface area contributed by atoms with Crippen molar-refractivity contribution in [1.82, 2.24) is 14.8 Å². The largest absolute Gasteiger partial charge is 0.460 e. The van der Waals surface area contributed by atoms with Crippen molar-refractivity contribution in [3.8, 4) is 0 Å². The van der Waals surface area contributed by atoms with E-state index >= 15 is 0 Å². The maximum atomic E-state index is 11.7. The highest BCUT2D eigenvalue weighted by Gasteiger charge is 2.21. The molecule has 96 valence electrons. The van der Waals surface area contributed by atoms with Gasteiger partial charge in [-0.15, -0.1) is 10.2 Å². The molecule has 1 aromatic rings. The summed E-state index contributed by atoms with van der Waals surface area (Å²) in [6.45, 7) is 6.54. The van der Waals surface area contributed by atoms with Crippen molar-refractivity contribution in [2.45, 2.75) is 33.2 Å². The molecule has 1 aromatic heterocycles. The molecule has 1 rings (SSSR count). The summed E-state index contributed by atoms with van der Waals surface area (Å²) in [5.41, 5.74) is 0. The molecule has 0 saturated carbocycles. The van der Waals surface area contributed by atoms with E-state index in [1.807, 2.05) is 13.8 Å². The van der Waals surface area contributed by atoms with Gasteiger partial charge < -0.3 is 14.0 Å². The summed E-state index contributed by atoms with van der Waals surface area (Å²) in [6.07, 6.45) is 0.793. The fourth-order valence-corrected chi connectivity index (χ4v) is 1.65. The van der Waals surface area contributed by atoms with Gasteiger partial charge in [0.1, 0.15) is 5.82 Å². The number of aryl methyl sites for hydroxylation is 1. The van der Waals surface area contributed by atoms with Crippen LogP contribution in [-0.2, 0) is 9.47 Å². The molecule has 0 aliphatic carbocycles. The third kappa shape index (κ3) is 3.26. The van der Waals surface area contributed by atoms with E-state index in [4.69, 9.17) is 9.47 Å². The minimum absolute atomic E-state index is 0.101. The summed E-state index contributed by atoms with van der Waals surface area (Å²) >= 11 is 0. The molecule has 0 radical (unpaired) electrons. The van der Waals surface area contributed by atoms with Gasteiger partial charge in [-0.1, -0.05) is 0 Å². The topological polar surface area (TPSA) is 66.2 Å². The molecule has 0 N–H and O–H groups in total. The van der Waals surface area contributed by atoms with E-state index < -0.39 is 5.97 Å². The molecule has 0 amide bonds. The Kier molecular flexibility index (Phi) is 5.09. The maximum Gasteiger partial charge on any atom is 0.376 e. The number of hydrogen-bond donors (Lipinski definition) is 0. The van der Waals surface area contributed by atoms with E-state index in [-0.39, 0.29) is 11.9 Å². The molecule has 6 heteroatoms. The third-order valence-electron chi connectivity index (χ3n) is 2.50. The average Bonchev–Trinajstić information content (AvgIpc) is 2.68. The van der Waals surface area contributed by atoms with Gasteiger partial charge in [-0.05, 0) is 27.2 Å². The summed E-state index contributed by atoms with van der Waals surface area (Å²) < 4.78 is 11.8. The highest BCUT2D eigenvalue weighted by molar-refractivity contribution is 5.85. The second kappa shape index (κ2) is 6.34. The van der Waals surface area contributed by atoms with Gasteiger partial charge in [0.2, 0.25) is 5.82 Å². The molecular formula is C11H19N3O3. The Bertz CT molecular complexity index is 376. The van der Waals surface area contributed by atoms with E-state index in [1.54, 1.807) is 18.6 Å². The molecule has 1 heterocycles. The Labute approximate surface area is 101 Å². The summed E-state index contributed by atoms with van der Waals surface area (Å²) in [4.78, 5) is 11.7. The van der Waals surface area contributed by atoms with Gasteiger partial charge in [0.25, 0.3) is 0 Å². The van der Waals surface area contributed by atoms with Gasteiger partial charge in [-0.3, -0.25) is 0 Å². The number of carbonyl (C=O) groups excluding carboxylic acids is 1. The lowest BCUT2D eigenvalue weighted by molar-refractivity contribution is 0.0501. The van der Waals surface area contributed by atoms with Crippen LogP contribution in [0.5, 0.6) is 0 Å². The summed E-state index contributed by atoms with van der Waals surface area (Å²) in [6, 6.07) is 0.101. The van der Waals surface area contributed by atoms with E-state index in [0.29, 0.717) is 19.0 Å². The normalized spacial score (nSPS) is 12.5. The van der Waals surface area contributed by atoms with Crippen molar-refractivity contribution in [3.05, 3.63) is 11.6 Å². The summed E-state index contributed by atoms with van der Waals surface area (Å²) in [5, 5.41) is 7.78. The first kappa shape index (κ1) is 13.6. The van der Waals surface area contributed by atoms with Gasteiger partial charge >= 0.3 is 5.97 Å². The molecule has 0 bridgehead atoms. The minimum atomic E-state index is -0.433. The van der Waals surface area contributed by atoms with Crippen molar-refractivity contribution in [2.75, 3.05) is 20.3 Å². The average molecular weight is 241 g/mol. The predicted molar refractivity (Wildman–Crippen MR) is 61.9 cm³/mol. The van der Waals surface area contributed by atoms with Crippen molar-refractivity contribution in [1.29, 1.82) is 0 Å². The minimum Gasteiger partial charge on any atom is -0.460 e. The zero-order valence-corrected chi connectivity index (χ0v) is 10.8. The number of ether oxygens (including phenoxy) is 2. The molecule has 0 fully saturated rings. The quantitative estimate of drug-likeness (QED) is 0.703. The Morgan fingerprint density at radius 3 is 2.76 bits per heavy atom. The Hall–Kier alpha value is -1.43. The molecule has 0 aromatic carbocycles. The molecule has 0 saturated heterocycles. The molecule has 1 unspecified atom stereocenters. The second-order valence-corrected chi connectivity index (χ2v) is 3.79. The SMILES string of the molecule is CCOC(=O)c1nnc(C)n1C(C)CCOC. The first-order chi connectivity index (χ1) is 8.11. The lowest BCUT2D eigenvalue weighted by Gasteiger charge is -2.15. The number of esters is 1. The third-order valence-corrected chi connectivity index (χ3v) is 2.50.